The molecule has 0 spiro atoms. The Balaban J connectivity index is 1.48. The molecule has 2 saturated carbocycles. The Hall–Kier alpha value is -1.99. The molecule has 1 aliphatic heterocycles. The van der Waals surface area contributed by atoms with E-state index in [0.717, 1.165) is 17.5 Å². The molecule has 0 unspecified atom stereocenters. The van der Waals surface area contributed by atoms with Crippen LogP contribution in [-0.2, 0) is 9.59 Å². The molecular formula is C24H22Br2N2O3. The van der Waals surface area contributed by atoms with Crippen molar-refractivity contribution in [3.8, 4) is 0 Å². The predicted molar refractivity (Wildman–Crippen MR) is 127 cm³/mol. The van der Waals surface area contributed by atoms with Gasteiger partial charge in [0.1, 0.15) is 0 Å². The molecule has 3 amide bonds. The van der Waals surface area contributed by atoms with Crippen molar-refractivity contribution in [1.29, 1.82) is 0 Å². The predicted octanol–water partition coefficient (Wildman–Crippen LogP) is 4.84. The highest BCUT2D eigenvalue weighted by molar-refractivity contribution is 9.12. The fourth-order valence-electron chi connectivity index (χ4n) is 5.69. The van der Waals surface area contributed by atoms with E-state index < -0.39 is 0 Å². The summed E-state index contributed by atoms with van der Waals surface area (Å²) in [5.74, 6) is -1.06. The lowest BCUT2D eigenvalue weighted by molar-refractivity contribution is -0.123. The summed E-state index contributed by atoms with van der Waals surface area (Å²) in [4.78, 5) is 41.6. The van der Waals surface area contributed by atoms with E-state index in [1.54, 1.807) is 24.3 Å². The number of amides is 3. The summed E-state index contributed by atoms with van der Waals surface area (Å²) in [5, 5.41) is 2.92. The summed E-state index contributed by atoms with van der Waals surface area (Å²) in [7, 11) is 0. The number of alkyl halides is 2. The van der Waals surface area contributed by atoms with Crippen molar-refractivity contribution in [2.75, 3.05) is 10.2 Å². The van der Waals surface area contributed by atoms with Gasteiger partial charge in [0.05, 0.1) is 23.1 Å². The zero-order valence-electron chi connectivity index (χ0n) is 17.1. The summed E-state index contributed by atoms with van der Waals surface area (Å²) in [6.45, 7) is 3.94. The number of carbonyl (C=O) groups excluding carboxylic acids is 3. The van der Waals surface area contributed by atoms with Gasteiger partial charge in [-0.1, -0.05) is 50.1 Å². The Bertz CT molecular complexity index is 1070. The monoisotopic (exact) mass is 544 g/mol. The molecule has 2 bridgehead atoms. The van der Waals surface area contributed by atoms with Crippen LogP contribution in [0.5, 0.6) is 0 Å². The molecule has 5 nitrogen and oxygen atoms in total. The number of benzene rings is 2. The maximum Gasteiger partial charge on any atom is 0.257 e. The molecule has 0 radical (unpaired) electrons. The molecule has 160 valence electrons. The number of nitrogens with zero attached hydrogens (tertiary/aromatic N) is 1. The molecule has 2 aliphatic carbocycles. The molecule has 2 aromatic carbocycles. The highest BCUT2D eigenvalue weighted by Crippen LogP contribution is 2.60. The Kier molecular flexibility index (Phi) is 5.09. The van der Waals surface area contributed by atoms with Crippen LogP contribution in [0.25, 0.3) is 0 Å². The van der Waals surface area contributed by atoms with Gasteiger partial charge < -0.3 is 5.32 Å². The summed E-state index contributed by atoms with van der Waals surface area (Å²) in [6.07, 6.45) is 0.876. The van der Waals surface area contributed by atoms with Gasteiger partial charge in [0.15, 0.2) is 0 Å². The highest BCUT2D eigenvalue weighted by atomic mass is 79.9. The van der Waals surface area contributed by atoms with Crippen molar-refractivity contribution >= 4 is 61.0 Å². The van der Waals surface area contributed by atoms with Gasteiger partial charge in [-0.25, -0.2) is 4.90 Å². The van der Waals surface area contributed by atoms with Gasteiger partial charge in [-0.15, -0.1) is 0 Å². The molecule has 3 fully saturated rings. The lowest BCUT2D eigenvalue weighted by atomic mass is 9.81. The molecule has 7 heteroatoms. The Morgan fingerprint density at radius 1 is 0.935 bits per heavy atom. The lowest BCUT2D eigenvalue weighted by Gasteiger charge is -2.28. The van der Waals surface area contributed by atoms with Crippen molar-refractivity contribution in [2.24, 2.45) is 23.7 Å². The van der Waals surface area contributed by atoms with Crippen LogP contribution in [0.4, 0.5) is 11.4 Å². The van der Waals surface area contributed by atoms with Crippen molar-refractivity contribution in [3.05, 3.63) is 59.2 Å². The number of nitrogens with one attached hydrogen (secondary N) is 1. The first-order chi connectivity index (χ1) is 14.8. The summed E-state index contributed by atoms with van der Waals surface area (Å²) >= 11 is 7.43. The average molecular weight is 546 g/mol. The zero-order chi connectivity index (χ0) is 22.0. The SMILES string of the molecule is Cc1cc(C)cc(NC(=O)c2ccccc2N2C(=O)[C@@H]3[C@H]4C[C@@H]([C@H](Br)[C@H]4Br)[C@H]3C2=O)c1. The first-order valence-electron chi connectivity index (χ1n) is 10.4. The highest BCUT2D eigenvalue weighted by Gasteiger charge is 2.66. The maximum absolute atomic E-state index is 13.4. The average Bonchev–Trinajstić information content (AvgIpc) is 3.32. The number of hydrogen-bond acceptors (Lipinski definition) is 3. The molecule has 31 heavy (non-hydrogen) atoms. The number of carbonyl (C=O) groups is 3. The Morgan fingerprint density at radius 2 is 1.48 bits per heavy atom. The number of hydrogen-bond donors (Lipinski definition) is 1. The van der Waals surface area contributed by atoms with E-state index in [-0.39, 0.29) is 51.0 Å². The lowest BCUT2D eigenvalue weighted by Crippen LogP contribution is -2.37. The number of rotatable bonds is 3. The molecule has 1 saturated heterocycles. The summed E-state index contributed by atoms with van der Waals surface area (Å²) in [6, 6.07) is 12.7. The Labute approximate surface area is 197 Å². The van der Waals surface area contributed by atoms with Crippen LogP contribution in [0.2, 0.25) is 0 Å². The van der Waals surface area contributed by atoms with Gasteiger partial charge >= 0.3 is 0 Å². The van der Waals surface area contributed by atoms with Gasteiger partial charge in [-0.2, -0.15) is 0 Å². The second kappa shape index (κ2) is 7.55. The topological polar surface area (TPSA) is 66.5 Å². The number of aryl methyl sites for hydroxylation is 2. The minimum atomic E-state index is -0.335. The number of fused-ring (bicyclic) bond motifs is 5. The molecule has 1 N–H and O–H groups in total. The fourth-order valence-corrected chi connectivity index (χ4v) is 7.57. The molecule has 0 aromatic heterocycles. The van der Waals surface area contributed by atoms with E-state index in [4.69, 9.17) is 0 Å². The molecule has 5 rings (SSSR count). The molecular weight excluding hydrogens is 524 g/mol. The van der Waals surface area contributed by atoms with E-state index in [1.165, 1.54) is 4.90 Å². The Morgan fingerprint density at radius 3 is 2.06 bits per heavy atom. The minimum Gasteiger partial charge on any atom is -0.322 e. The number of anilines is 2. The smallest absolute Gasteiger partial charge is 0.257 e. The van der Waals surface area contributed by atoms with Gasteiger partial charge in [0, 0.05) is 15.3 Å². The summed E-state index contributed by atoms with van der Waals surface area (Å²) < 4.78 is 0. The van der Waals surface area contributed by atoms with E-state index in [2.05, 4.69) is 37.2 Å². The van der Waals surface area contributed by atoms with Crippen molar-refractivity contribution in [1.82, 2.24) is 0 Å². The third kappa shape index (κ3) is 3.20. The van der Waals surface area contributed by atoms with Crippen LogP contribution < -0.4 is 10.2 Å². The van der Waals surface area contributed by atoms with Gasteiger partial charge in [0.25, 0.3) is 5.91 Å². The summed E-state index contributed by atoms with van der Waals surface area (Å²) in [5.41, 5.74) is 3.47. The second-order valence-corrected chi connectivity index (χ2v) is 11.0. The quantitative estimate of drug-likeness (QED) is 0.443. The standard InChI is InChI=1S/C24H22Br2N2O3/c1-11-7-12(2)9-13(8-11)27-22(29)14-5-3-4-6-17(14)28-23(30)18-15-10-16(19(18)24(28)31)21(26)20(15)25/h3-9,15-16,18-21H,10H2,1-2H3,(H,27,29)/t15-,16-,18-,19-,20+,21+/m1/s1. The minimum absolute atomic E-state index is 0.136. The fraction of sp³-hybridized carbons (Fsp3) is 0.375. The van der Waals surface area contributed by atoms with E-state index >= 15 is 0 Å². The zero-order valence-corrected chi connectivity index (χ0v) is 20.3. The van der Waals surface area contributed by atoms with E-state index in [9.17, 15) is 14.4 Å². The number of imide groups is 1. The van der Waals surface area contributed by atoms with Crippen LogP contribution in [0.15, 0.2) is 42.5 Å². The van der Waals surface area contributed by atoms with Gasteiger partial charge in [0.2, 0.25) is 11.8 Å². The van der Waals surface area contributed by atoms with Gasteiger partial charge in [-0.05, 0) is 67.5 Å². The molecule has 3 aliphatic rings. The van der Waals surface area contributed by atoms with E-state index in [1.807, 2.05) is 32.0 Å². The third-order valence-corrected chi connectivity index (χ3v) is 10.1. The largest absolute Gasteiger partial charge is 0.322 e. The van der Waals surface area contributed by atoms with E-state index in [0.29, 0.717) is 16.9 Å². The van der Waals surface area contributed by atoms with Crippen molar-refractivity contribution < 1.29 is 14.4 Å². The van der Waals surface area contributed by atoms with Crippen LogP contribution in [0, 0.1) is 37.5 Å². The van der Waals surface area contributed by atoms with Gasteiger partial charge in [-0.3, -0.25) is 14.4 Å². The third-order valence-electron chi connectivity index (χ3n) is 6.86. The maximum atomic E-state index is 13.4. The van der Waals surface area contributed by atoms with Crippen LogP contribution >= 0.6 is 31.9 Å². The number of halogens is 2. The molecule has 6 atom stereocenters. The first kappa shape index (κ1) is 20.9. The van der Waals surface area contributed by atoms with Crippen LogP contribution in [0.3, 0.4) is 0 Å². The van der Waals surface area contributed by atoms with Crippen LogP contribution in [0.1, 0.15) is 27.9 Å². The second-order valence-electron chi connectivity index (χ2n) is 8.86. The van der Waals surface area contributed by atoms with Crippen LogP contribution in [-0.4, -0.2) is 27.4 Å². The molecule has 2 aromatic rings. The number of para-hydroxylation sites is 1. The van der Waals surface area contributed by atoms with Crippen molar-refractivity contribution in [3.63, 3.8) is 0 Å². The molecule has 1 heterocycles. The first-order valence-corrected chi connectivity index (χ1v) is 12.3. The van der Waals surface area contributed by atoms with Crippen molar-refractivity contribution in [2.45, 2.75) is 29.9 Å². The normalized spacial score (nSPS) is 31.3.